The van der Waals surface area contributed by atoms with Crippen LogP contribution in [0.5, 0.6) is 0 Å². The van der Waals surface area contributed by atoms with Crippen molar-refractivity contribution in [3.63, 3.8) is 0 Å². The minimum atomic E-state index is -0.837. The average molecular weight is 375 g/mol. The Morgan fingerprint density at radius 2 is 1.96 bits per heavy atom. The van der Waals surface area contributed by atoms with Crippen LogP contribution in [0, 0.1) is 11.3 Å². The van der Waals surface area contributed by atoms with Gasteiger partial charge in [-0.1, -0.05) is 30.3 Å². The van der Waals surface area contributed by atoms with Gasteiger partial charge in [0.25, 0.3) is 0 Å². The Labute approximate surface area is 160 Å². The molecule has 3 rings (SSSR count). The Balaban J connectivity index is 1.46. The van der Waals surface area contributed by atoms with E-state index in [1.165, 1.54) is 4.90 Å². The molecule has 27 heavy (non-hydrogen) atoms. The number of urea groups is 1. The van der Waals surface area contributed by atoms with E-state index < -0.39 is 11.4 Å². The standard InChI is InChI=1S/C20H29N3O4/c1-21(2)19(26)23-12-17-11-22(14-20(17,15-23)18(24)25)9-6-10-27-13-16-7-4-3-5-8-16/h3-5,7-8,17H,6,9-15H2,1-2H3,(H,24,25)/t17-,20-/m0/s1. The van der Waals surface area contributed by atoms with Gasteiger partial charge in [-0.3, -0.25) is 4.79 Å². The summed E-state index contributed by atoms with van der Waals surface area (Å²) in [6, 6.07) is 9.96. The molecule has 2 heterocycles. The summed E-state index contributed by atoms with van der Waals surface area (Å²) in [5, 5.41) is 9.86. The molecule has 2 amide bonds. The first-order valence-corrected chi connectivity index (χ1v) is 9.46. The van der Waals surface area contributed by atoms with Crippen LogP contribution >= 0.6 is 0 Å². The van der Waals surface area contributed by atoms with Gasteiger partial charge in [-0.15, -0.1) is 0 Å². The van der Waals surface area contributed by atoms with Gasteiger partial charge in [-0.05, 0) is 12.0 Å². The molecule has 2 fully saturated rings. The van der Waals surface area contributed by atoms with Gasteiger partial charge in [0, 0.05) is 59.3 Å². The smallest absolute Gasteiger partial charge is 0.319 e. The summed E-state index contributed by atoms with van der Waals surface area (Å²) in [4.78, 5) is 29.6. The van der Waals surface area contributed by atoms with E-state index in [4.69, 9.17) is 4.74 Å². The van der Waals surface area contributed by atoms with Crippen LogP contribution in [0.4, 0.5) is 4.79 Å². The third-order valence-electron chi connectivity index (χ3n) is 5.63. The van der Waals surface area contributed by atoms with E-state index in [1.54, 1.807) is 19.0 Å². The Morgan fingerprint density at radius 1 is 1.22 bits per heavy atom. The number of aliphatic carboxylic acids is 1. The van der Waals surface area contributed by atoms with Crippen molar-refractivity contribution in [2.45, 2.75) is 13.0 Å². The van der Waals surface area contributed by atoms with Gasteiger partial charge >= 0.3 is 12.0 Å². The summed E-state index contributed by atoms with van der Waals surface area (Å²) < 4.78 is 5.72. The highest BCUT2D eigenvalue weighted by molar-refractivity contribution is 5.80. The van der Waals surface area contributed by atoms with Crippen LogP contribution in [-0.4, -0.2) is 85.2 Å². The number of rotatable bonds is 7. The number of nitrogens with zero attached hydrogens (tertiary/aromatic N) is 3. The number of ether oxygens (including phenoxy) is 1. The third-order valence-corrected chi connectivity index (χ3v) is 5.63. The summed E-state index contributed by atoms with van der Waals surface area (Å²) in [5.41, 5.74) is 0.319. The number of hydrogen-bond acceptors (Lipinski definition) is 4. The van der Waals surface area contributed by atoms with Crippen LogP contribution < -0.4 is 0 Å². The molecule has 2 atom stereocenters. The topological polar surface area (TPSA) is 73.3 Å². The number of benzene rings is 1. The lowest BCUT2D eigenvalue weighted by Gasteiger charge is -2.27. The molecular weight excluding hydrogens is 346 g/mol. The second-order valence-corrected chi connectivity index (χ2v) is 7.84. The van der Waals surface area contributed by atoms with E-state index >= 15 is 0 Å². The zero-order valence-corrected chi connectivity index (χ0v) is 16.1. The maximum absolute atomic E-state index is 12.2. The maximum atomic E-state index is 12.2. The van der Waals surface area contributed by atoms with E-state index in [0.29, 0.717) is 32.8 Å². The summed E-state index contributed by atoms with van der Waals surface area (Å²) in [5.74, 6) is -0.798. The molecule has 148 valence electrons. The highest BCUT2D eigenvalue weighted by Crippen LogP contribution is 2.43. The van der Waals surface area contributed by atoms with Crippen LogP contribution in [-0.2, 0) is 16.1 Å². The van der Waals surface area contributed by atoms with Crippen LogP contribution in [0.2, 0.25) is 0 Å². The molecule has 1 N–H and O–H groups in total. The van der Waals surface area contributed by atoms with Crippen molar-refractivity contribution >= 4 is 12.0 Å². The molecule has 0 saturated carbocycles. The molecule has 1 aromatic carbocycles. The van der Waals surface area contributed by atoms with Gasteiger partial charge in [0.05, 0.1) is 6.61 Å². The summed E-state index contributed by atoms with van der Waals surface area (Å²) in [7, 11) is 3.40. The molecule has 2 aliphatic heterocycles. The predicted octanol–water partition coefficient (Wildman–Crippen LogP) is 1.59. The van der Waals surface area contributed by atoms with E-state index in [-0.39, 0.29) is 11.9 Å². The Kier molecular flexibility index (Phi) is 6.01. The minimum Gasteiger partial charge on any atom is -0.481 e. The monoisotopic (exact) mass is 375 g/mol. The second-order valence-electron chi connectivity index (χ2n) is 7.84. The van der Waals surface area contributed by atoms with E-state index in [2.05, 4.69) is 4.90 Å². The average Bonchev–Trinajstić information content (AvgIpc) is 3.16. The fourth-order valence-corrected chi connectivity index (χ4v) is 4.23. The number of carbonyl (C=O) groups is 2. The van der Waals surface area contributed by atoms with Gasteiger partial charge in [0.15, 0.2) is 0 Å². The van der Waals surface area contributed by atoms with Crippen molar-refractivity contribution < 1.29 is 19.4 Å². The van der Waals surface area contributed by atoms with Crippen LogP contribution in [0.25, 0.3) is 0 Å². The van der Waals surface area contributed by atoms with Crippen molar-refractivity contribution in [3.05, 3.63) is 35.9 Å². The first kappa shape index (κ1) is 19.6. The SMILES string of the molecule is CN(C)C(=O)N1C[C@@H]2CN(CCCOCc3ccccc3)C[C@]2(C(=O)O)C1. The number of hydrogen-bond donors (Lipinski definition) is 1. The molecule has 2 saturated heterocycles. The Bertz CT molecular complexity index is 666. The predicted molar refractivity (Wildman–Crippen MR) is 101 cm³/mol. The molecule has 0 aliphatic carbocycles. The molecule has 7 nitrogen and oxygen atoms in total. The van der Waals surface area contributed by atoms with Crippen molar-refractivity contribution in [1.82, 2.24) is 14.7 Å². The number of amides is 2. The Morgan fingerprint density at radius 3 is 2.59 bits per heavy atom. The van der Waals surface area contributed by atoms with Crippen molar-refractivity contribution in [3.8, 4) is 0 Å². The lowest BCUT2D eigenvalue weighted by Crippen LogP contribution is -2.44. The second kappa shape index (κ2) is 8.27. The normalized spacial score (nSPS) is 24.8. The molecule has 0 radical (unpaired) electrons. The lowest BCUT2D eigenvalue weighted by molar-refractivity contribution is -0.148. The largest absolute Gasteiger partial charge is 0.481 e. The molecule has 1 aromatic rings. The maximum Gasteiger partial charge on any atom is 0.319 e. The van der Waals surface area contributed by atoms with Gasteiger partial charge in [0.2, 0.25) is 0 Å². The van der Waals surface area contributed by atoms with Crippen molar-refractivity contribution in [2.75, 3.05) is 53.4 Å². The zero-order valence-electron chi connectivity index (χ0n) is 16.1. The Hall–Kier alpha value is -2.12. The van der Waals surface area contributed by atoms with E-state index in [9.17, 15) is 14.7 Å². The molecule has 7 heteroatoms. The minimum absolute atomic E-state index is 0.0101. The number of likely N-dealkylation sites (tertiary alicyclic amines) is 2. The number of carboxylic acids is 1. The molecule has 0 aromatic heterocycles. The third kappa shape index (κ3) is 4.25. The molecular formula is C20H29N3O4. The molecule has 0 spiro atoms. The number of fused-ring (bicyclic) bond motifs is 1. The number of carbonyl (C=O) groups excluding carboxylic acids is 1. The lowest BCUT2D eigenvalue weighted by atomic mass is 9.81. The van der Waals surface area contributed by atoms with Gasteiger partial charge in [0.1, 0.15) is 5.41 Å². The fraction of sp³-hybridized carbons (Fsp3) is 0.600. The molecule has 0 unspecified atom stereocenters. The highest BCUT2D eigenvalue weighted by atomic mass is 16.5. The van der Waals surface area contributed by atoms with Crippen molar-refractivity contribution in [2.24, 2.45) is 11.3 Å². The zero-order chi connectivity index (χ0) is 19.4. The summed E-state index contributed by atoms with van der Waals surface area (Å²) in [6.07, 6.45) is 0.871. The van der Waals surface area contributed by atoms with E-state index in [0.717, 1.165) is 25.1 Å². The first-order valence-electron chi connectivity index (χ1n) is 9.46. The first-order chi connectivity index (χ1) is 12.9. The molecule has 0 bridgehead atoms. The van der Waals surface area contributed by atoms with Gasteiger partial charge in [-0.2, -0.15) is 0 Å². The van der Waals surface area contributed by atoms with Crippen LogP contribution in [0.3, 0.4) is 0 Å². The fourth-order valence-electron chi connectivity index (χ4n) is 4.23. The number of carboxylic acid groups (broad SMARTS) is 1. The molecule has 2 aliphatic rings. The quantitative estimate of drug-likeness (QED) is 0.733. The van der Waals surface area contributed by atoms with Crippen LogP contribution in [0.1, 0.15) is 12.0 Å². The van der Waals surface area contributed by atoms with Crippen molar-refractivity contribution in [1.29, 1.82) is 0 Å². The highest BCUT2D eigenvalue weighted by Gasteiger charge is 2.58. The van der Waals surface area contributed by atoms with Crippen LogP contribution in [0.15, 0.2) is 30.3 Å². The summed E-state index contributed by atoms with van der Waals surface area (Å²) in [6.45, 7) is 4.12. The van der Waals surface area contributed by atoms with Gasteiger partial charge in [-0.25, -0.2) is 4.79 Å². The van der Waals surface area contributed by atoms with Gasteiger partial charge < -0.3 is 24.5 Å². The van der Waals surface area contributed by atoms with E-state index in [1.807, 2.05) is 30.3 Å². The summed E-state index contributed by atoms with van der Waals surface area (Å²) >= 11 is 0.